The summed E-state index contributed by atoms with van der Waals surface area (Å²) in [6, 6.07) is 15.8. The fraction of sp³-hybridized carbons (Fsp3) is 0.400. The number of carboxylic acid groups (broad SMARTS) is 1. The van der Waals surface area contributed by atoms with E-state index < -0.39 is 41.4 Å². The lowest BCUT2D eigenvalue weighted by Gasteiger charge is -2.47. The molecule has 2 aromatic carbocycles. The molecule has 0 fully saturated rings. The van der Waals surface area contributed by atoms with Crippen molar-refractivity contribution in [1.82, 2.24) is 5.32 Å². The highest BCUT2D eigenvalue weighted by Gasteiger charge is 2.59. The summed E-state index contributed by atoms with van der Waals surface area (Å²) in [5, 5.41) is 13.7. The average Bonchev–Trinajstić information content (AvgIpc) is 2.86. The Balaban J connectivity index is 2.26. The molecule has 0 saturated heterocycles. The first-order chi connectivity index (χ1) is 17.9. The molecule has 0 radical (unpaired) electrons. The molecule has 0 bridgehead atoms. The van der Waals surface area contributed by atoms with E-state index in [1.165, 1.54) is 6.92 Å². The quantitative estimate of drug-likeness (QED) is 0.357. The van der Waals surface area contributed by atoms with Crippen molar-refractivity contribution in [1.29, 1.82) is 0 Å². The SMILES string of the molecule is CC(=O)OCC1=C(C)C(C(OC(C)=O)(C(=O)O)[C@@H](NC(=O)c2ccccc2)c2ccccc2)CCC1(C)C. The van der Waals surface area contributed by atoms with E-state index in [1.807, 2.05) is 13.8 Å². The minimum Gasteiger partial charge on any atom is -0.478 e. The maximum Gasteiger partial charge on any atom is 0.351 e. The van der Waals surface area contributed by atoms with Crippen molar-refractivity contribution >= 4 is 23.8 Å². The zero-order chi connectivity index (χ0) is 28.1. The summed E-state index contributed by atoms with van der Waals surface area (Å²) < 4.78 is 11.1. The molecular formula is C30H35NO7. The summed E-state index contributed by atoms with van der Waals surface area (Å²) in [5.74, 6) is -3.95. The summed E-state index contributed by atoms with van der Waals surface area (Å²) in [5.41, 5.74) is -0.335. The second-order valence-electron chi connectivity index (χ2n) is 10.3. The Morgan fingerprint density at radius 2 is 1.58 bits per heavy atom. The van der Waals surface area contributed by atoms with Crippen LogP contribution >= 0.6 is 0 Å². The maximum absolute atomic E-state index is 13.4. The number of rotatable bonds is 9. The van der Waals surface area contributed by atoms with Gasteiger partial charge in [-0.2, -0.15) is 0 Å². The summed E-state index contributed by atoms with van der Waals surface area (Å²) in [6.07, 6.45) is 0.919. The van der Waals surface area contributed by atoms with Crippen LogP contribution in [0, 0.1) is 11.3 Å². The normalized spacial score (nSPS) is 19.0. The van der Waals surface area contributed by atoms with Gasteiger partial charge in [-0.15, -0.1) is 0 Å². The highest BCUT2D eigenvalue weighted by Crippen LogP contribution is 2.51. The zero-order valence-corrected chi connectivity index (χ0v) is 22.4. The zero-order valence-electron chi connectivity index (χ0n) is 22.4. The number of esters is 2. The van der Waals surface area contributed by atoms with E-state index in [4.69, 9.17) is 9.47 Å². The number of carbonyl (C=O) groups excluding carboxylic acids is 3. The molecule has 0 heterocycles. The standard InChI is InChI=1S/C30H35NO7/c1-19-24(16-17-29(4,5)25(19)18-37-20(2)32)30(28(35)36,38-21(3)33)26(22-12-8-6-9-13-22)31-27(34)23-14-10-7-11-15-23/h6-15,24,26H,16-18H2,1-5H3,(H,31,34)(H,35,36)/t24?,26-,30?/m0/s1. The topological polar surface area (TPSA) is 119 Å². The highest BCUT2D eigenvalue weighted by atomic mass is 16.6. The van der Waals surface area contributed by atoms with Gasteiger partial charge in [0.05, 0.1) is 0 Å². The van der Waals surface area contributed by atoms with Crippen LogP contribution in [0.2, 0.25) is 0 Å². The highest BCUT2D eigenvalue weighted by molar-refractivity contribution is 5.95. The van der Waals surface area contributed by atoms with Crippen LogP contribution in [0.3, 0.4) is 0 Å². The molecule has 8 nitrogen and oxygen atoms in total. The van der Waals surface area contributed by atoms with E-state index >= 15 is 0 Å². The van der Waals surface area contributed by atoms with Gasteiger partial charge in [0, 0.05) is 25.3 Å². The van der Waals surface area contributed by atoms with E-state index in [0.29, 0.717) is 29.5 Å². The van der Waals surface area contributed by atoms with Gasteiger partial charge in [-0.25, -0.2) is 4.79 Å². The van der Waals surface area contributed by atoms with E-state index in [2.05, 4.69) is 5.32 Å². The van der Waals surface area contributed by atoms with Crippen molar-refractivity contribution in [2.24, 2.45) is 11.3 Å². The van der Waals surface area contributed by atoms with Gasteiger partial charge < -0.3 is 19.9 Å². The summed E-state index contributed by atoms with van der Waals surface area (Å²) in [6.45, 7) is 8.26. The van der Waals surface area contributed by atoms with Crippen molar-refractivity contribution < 1.29 is 33.8 Å². The smallest absolute Gasteiger partial charge is 0.351 e. The van der Waals surface area contributed by atoms with E-state index in [1.54, 1.807) is 67.6 Å². The first kappa shape index (κ1) is 28.6. The largest absolute Gasteiger partial charge is 0.478 e. The van der Waals surface area contributed by atoms with Gasteiger partial charge in [-0.1, -0.05) is 68.0 Å². The van der Waals surface area contributed by atoms with E-state index in [0.717, 1.165) is 12.5 Å². The van der Waals surface area contributed by atoms with Gasteiger partial charge in [0.2, 0.25) is 5.60 Å². The van der Waals surface area contributed by atoms with Gasteiger partial charge >= 0.3 is 17.9 Å². The lowest BCUT2D eigenvalue weighted by atomic mass is 9.62. The predicted molar refractivity (Wildman–Crippen MR) is 141 cm³/mol. The molecule has 2 aromatic rings. The molecular weight excluding hydrogens is 486 g/mol. The minimum atomic E-state index is -2.18. The van der Waals surface area contributed by atoms with Crippen LogP contribution in [0.25, 0.3) is 0 Å². The number of hydrogen-bond acceptors (Lipinski definition) is 6. The third-order valence-electron chi connectivity index (χ3n) is 7.33. The van der Waals surface area contributed by atoms with Crippen molar-refractivity contribution in [3.63, 3.8) is 0 Å². The fourth-order valence-electron chi connectivity index (χ4n) is 5.41. The van der Waals surface area contributed by atoms with Crippen LogP contribution in [-0.2, 0) is 23.9 Å². The molecule has 2 N–H and O–H groups in total. The predicted octanol–water partition coefficient (Wildman–Crippen LogP) is 4.86. The molecule has 38 heavy (non-hydrogen) atoms. The molecule has 3 rings (SSSR count). The Labute approximate surface area is 223 Å². The third kappa shape index (κ3) is 5.96. The monoisotopic (exact) mass is 521 g/mol. The second kappa shape index (κ2) is 11.6. The number of hydrogen-bond donors (Lipinski definition) is 2. The van der Waals surface area contributed by atoms with Gasteiger partial charge in [0.1, 0.15) is 12.6 Å². The fourth-order valence-corrected chi connectivity index (χ4v) is 5.41. The molecule has 0 spiro atoms. The Morgan fingerprint density at radius 1 is 1.00 bits per heavy atom. The number of amides is 1. The third-order valence-corrected chi connectivity index (χ3v) is 7.33. The van der Waals surface area contributed by atoms with Crippen LogP contribution < -0.4 is 5.32 Å². The first-order valence-corrected chi connectivity index (χ1v) is 12.6. The van der Waals surface area contributed by atoms with Crippen LogP contribution in [0.15, 0.2) is 71.8 Å². The molecule has 202 valence electrons. The molecule has 0 aliphatic heterocycles. The van der Waals surface area contributed by atoms with Crippen molar-refractivity contribution in [2.75, 3.05) is 6.61 Å². The van der Waals surface area contributed by atoms with Crippen molar-refractivity contribution in [3.05, 3.63) is 82.9 Å². The van der Waals surface area contributed by atoms with E-state index in [-0.39, 0.29) is 12.0 Å². The number of carboxylic acids is 1. The minimum absolute atomic E-state index is 0.00713. The molecule has 1 aliphatic rings. The molecule has 3 atom stereocenters. The van der Waals surface area contributed by atoms with Gasteiger partial charge in [0.25, 0.3) is 5.91 Å². The first-order valence-electron chi connectivity index (χ1n) is 12.6. The number of nitrogens with one attached hydrogen (secondary N) is 1. The summed E-state index contributed by atoms with van der Waals surface area (Å²) >= 11 is 0. The van der Waals surface area contributed by atoms with E-state index in [9.17, 15) is 24.3 Å². The number of ether oxygens (including phenoxy) is 2. The van der Waals surface area contributed by atoms with Gasteiger partial charge in [-0.05, 0) is 48.4 Å². The van der Waals surface area contributed by atoms with Crippen LogP contribution in [0.5, 0.6) is 0 Å². The Bertz CT molecular complexity index is 1220. The second-order valence-corrected chi connectivity index (χ2v) is 10.3. The van der Waals surface area contributed by atoms with Gasteiger partial charge in [-0.3, -0.25) is 14.4 Å². The number of aliphatic carboxylic acids is 1. The molecule has 8 heteroatoms. The molecule has 0 aromatic heterocycles. The molecule has 1 amide bonds. The molecule has 0 saturated carbocycles. The lowest BCUT2D eigenvalue weighted by Crippen LogP contribution is -2.60. The van der Waals surface area contributed by atoms with Crippen LogP contribution in [-0.4, -0.2) is 41.1 Å². The van der Waals surface area contributed by atoms with Gasteiger partial charge in [0.15, 0.2) is 0 Å². The Kier molecular flexibility index (Phi) is 8.76. The van der Waals surface area contributed by atoms with Crippen molar-refractivity contribution in [3.8, 4) is 0 Å². The number of benzene rings is 2. The summed E-state index contributed by atoms with van der Waals surface area (Å²) in [7, 11) is 0. The van der Waals surface area contributed by atoms with Crippen LogP contribution in [0.1, 0.15) is 69.4 Å². The Morgan fingerprint density at radius 3 is 2.11 bits per heavy atom. The lowest BCUT2D eigenvalue weighted by molar-refractivity contribution is -0.189. The molecule has 1 aliphatic carbocycles. The maximum atomic E-state index is 13.4. The van der Waals surface area contributed by atoms with Crippen molar-refractivity contribution in [2.45, 2.75) is 59.1 Å². The number of carbonyl (C=O) groups is 4. The summed E-state index contributed by atoms with van der Waals surface area (Å²) in [4.78, 5) is 50.9. The average molecular weight is 522 g/mol. The van der Waals surface area contributed by atoms with Crippen LogP contribution in [0.4, 0.5) is 0 Å². The Hall–Kier alpha value is -3.94. The molecule has 2 unspecified atom stereocenters.